The molecule has 1 aromatic carbocycles. The summed E-state index contributed by atoms with van der Waals surface area (Å²) in [5.41, 5.74) is 4.89. The van der Waals surface area contributed by atoms with Crippen LogP contribution in [0.3, 0.4) is 0 Å². The highest BCUT2D eigenvalue weighted by molar-refractivity contribution is 5.64. The monoisotopic (exact) mass is 262 g/mol. The van der Waals surface area contributed by atoms with Gasteiger partial charge in [0.05, 0.1) is 5.56 Å². The fraction of sp³-hybridized carbons (Fsp3) is 0.364. The third-order valence-corrected chi connectivity index (χ3v) is 2.32. The van der Waals surface area contributed by atoms with Gasteiger partial charge >= 0.3 is 12.3 Å². The average molecular weight is 262 g/mol. The maximum atomic E-state index is 12.7. The van der Waals surface area contributed by atoms with Gasteiger partial charge in [-0.05, 0) is 18.1 Å². The van der Waals surface area contributed by atoms with E-state index in [9.17, 15) is 18.0 Å². The summed E-state index contributed by atoms with van der Waals surface area (Å²) in [6, 6.07) is 4.40. The minimum absolute atomic E-state index is 0.0457. The van der Waals surface area contributed by atoms with E-state index in [1.54, 1.807) is 0 Å². The van der Waals surface area contributed by atoms with Crippen molar-refractivity contribution in [2.75, 3.05) is 6.54 Å². The summed E-state index contributed by atoms with van der Waals surface area (Å²) in [6.45, 7) is -0.0957. The molecule has 4 nitrogen and oxygen atoms in total. The molecule has 1 rings (SSSR count). The molecule has 0 fully saturated rings. The zero-order chi connectivity index (χ0) is 13.8. The van der Waals surface area contributed by atoms with Crippen molar-refractivity contribution in [3.05, 3.63) is 35.4 Å². The van der Waals surface area contributed by atoms with Crippen molar-refractivity contribution in [1.29, 1.82) is 0 Å². The molecule has 1 amide bonds. The van der Waals surface area contributed by atoms with Gasteiger partial charge in [-0.25, -0.2) is 4.79 Å². The van der Waals surface area contributed by atoms with Crippen LogP contribution < -0.4 is 11.1 Å². The molecular weight excluding hydrogens is 249 g/mol. The van der Waals surface area contributed by atoms with E-state index in [0.717, 1.165) is 6.07 Å². The SMILES string of the molecule is N[C@@H](CNC(=O)O)Cc1ccccc1C(F)(F)F. The number of amides is 1. The number of nitrogens with one attached hydrogen (secondary N) is 1. The van der Waals surface area contributed by atoms with Crippen molar-refractivity contribution in [1.82, 2.24) is 5.32 Å². The number of alkyl halides is 3. The van der Waals surface area contributed by atoms with Crippen LogP contribution in [0.5, 0.6) is 0 Å². The Morgan fingerprint density at radius 2 is 2.00 bits per heavy atom. The van der Waals surface area contributed by atoms with Crippen molar-refractivity contribution in [3.8, 4) is 0 Å². The predicted octanol–water partition coefficient (Wildman–Crippen LogP) is 1.84. The highest BCUT2D eigenvalue weighted by atomic mass is 19.4. The molecule has 0 radical (unpaired) electrons. The van der Waals surface area contributed by atoms with Crippen molar-refractivity contribution in [2.24, 2.45) is 5.73 Å². The molecule has 0 aliphatic heterocycles. The van der Waals surface area contributed by atoms with Gasteiger partial charge < -0.3 is 16.2 Å². The van der Waals surface area contributed by atoms with E-state index in [-0.39, 0.29) is 18.5 Å². The number of hydrogen-bond acceptors (Lipinski definition) is 2. The Kier molecular flexibility index (Phi) is 4.55. The second-order valence-electron chi connectivity index (χ2n) is 3.81. The van der Waals surface area contributed by atoms with Gasteiger partial charge in [-0.2, -0.15) is 13.2 Å². The maximum absolute atomic E-state index is 12.7. The second kappa shape index (κ2) is 5.72. The van der Waals surface area contributed by atoms with Crippen LogP contribution in [0.15, 0.2) is 24.3 Å². The minimum atomic E-state index is -4.43. The first-order chi connectivity index (χ1) is 8.30. The highest BCUT2D eigenvalue weighted by Crippen LogP contribution is 2.32. The molecule has 0 saturated carbocycles. The third kappa shape index (κ3) is 4.25. The lowest BCUT2D eigenvalue weighted by atomic mass is 10.0. The maximum Gasteiger partial charge on any atom is 0.416 e. The predicted molar refractivity (Wildman–Crippen MR) is 59.2 cm³/mol. The Morgan fingerprint density at radius 3 is 2.56 bits per heavy atom. The van der Waals surface area contributed by atoms with E-state index in [1.807, 2.05) is 5.32 Å². The van der Waals surface area contributed by atoms with Gasteiger partial charge in [0.25, 0.3) is 0 Å². The van der Waals surface area contributed by atoms with E-state index in [1.165, 1.54) is 18.2 Å². The number of carboxylic acid groups (broad SMARTS) is 1. The number of halogens is 3. The summed E-state index contributed by atoms with van der Waals surface area (Å²) >= 11 is 0. The molecule has 100 valence electrons. The van der Waals surface area contributed by atoms with Crippen molar-refractivity contribution in [3.63, 3.8) is 0 Å². The zero-order valence-electron chi connectivity index (χ0n) is 9.37. The van der Waals surface area contributed by atoms with Crippen molar-refractivity contribution < 1.29 is 23.1 Å². The summed E-state index contributed by atoms with van der Waals surface area (Å²) < 4.78 is 38.0. The van der Waals surface area contributed by atoms with Crippen LogP contribution in [-0.2, 0) is 12.6 Å². The summed E-state index contributed by atoms with van der Waals surface area (Å²) in [4.78, 5) is 10.2. The topological polar surface area (TPSA) is 75.3 Å². The van der Waals surface area contributed by atoms with Crippen LogP contribution in [0.25, 0.3) is 0 Å². The lowest BCUT2D eigenvalue weighted by Crippen LogP contribution is -2.38. The Morgan fingerprint density at radius 1 is 1.39 bits per heavy atom. The number of rotatable bonds is 4. The number of nitrogens with two attached hydrogens (primary N) is 1. The molecule has 0 aromatic heterocycles. The molecule has 18 heavy (non-hydrogen) atoms. The van der Waals surface area contributed by atoms with E-state index >= 15 is 0 Å². The average Bonchev–Trinajstić information content (AvgIpc) is 2.25. The number of benzene rings is 1. The molecule has 0 heterocycles. The standard InChI is InChI=1S/C11H13F3N2O2/c12-11(13,14)9-4-2-1-3-7(9)5-8(15)6-16-10(17)18/h1-4,8,16H,5-6,15H2,(H,17,18)/t8-/m1/s1. The first-order valence-corrected chi connectivity index (χ1v) is 5.18. The third-order valence-electron chi connectivity index (χ3n) is 2.32. The van der Waals surface area contributed by atoms with E-state index in [0.29, 0.717) is 0 Å². The van der Waals surface area contributed by atoms with Gasteiger partial charge in [0.2, 0.25) is 0 Å². The van der Waals surface area contributed by atoms with E-state index in [2.05, 4.69) is 0 Å². The Hall–Kier alpha value is -1.76. The first-order valence-electron chi connectivity index (χ1n) is 5.18. The van der Waals surface area contributed by atoms with Gasteiger partial charge in [-0.3, -0.25) is 0 Å². The quantitative estimate of drug-likeness (QED) is 0.775. The highest BCUT2D eigenvalue weighted by Gasteiger charge is 2.33. The molecular formula is C11H13F3N2O2. The van der Waals surface area contributed by atoms with Crippen LogP contribution in [0.4, 0.5) is 18.0 Å². The number of hydrogen-bond donors (Lipinski definition) is 3. The van der Waals surface area contributed by atoms with Gasteiger partial charge in [-0.1, -0.05) is 18.2 Å². The molecule has 0 unspecified atom stereocenters. The molecule has 1 atom stereocenters. The van der Waals surface area contributed by atoms with Crippen LogP contribution in [0.1, 0.15) is 11.1 Å². The Bertz CT molecular complexity index is 421. The second-order valence-corrected chi connectivity index (χ2v) is 3.81. The molecule has 0 bridgehead atoms. The summed E-state index contributed by atoms with van der Waals surface area (Å²) in [7, 11) is 0. The lowest BCUT2D eigenvalue weighted by molar-refractivity contribution is -0.138. The van der Waals surface area contributed by atoms with Gasteiger partial charge in [0, 0.05) is 12.6 Å². The Labute approximate surface area is 102 Å². The molecule has 0 saturated heterocycles. The molecule has 1 aromatic rings. The molecule has 0 spiro atoms. The smallest absolute Gasteiger partial charge is 0.416 e. The number of carbonyl (C=O) groups is 1. The van der Waals surface area contributed by atoms with E-state index < -0.39 is 23.9 Å². The van der Waals surface area contributed by atoms with Crippen molar-refractivity contribution >= 4 is 6.09 Å². The van der Waals surface area contributed by atoms with Crippen molar-refractivity contribution in [2.45, 2.75) is 18.6 Å². The fourth-order valence-corrected chi connectivity index (χ4v) is 1.55. The zero-order valence-corrected chi connectivity index (χ0v) is 9.37. The van der Waals surface area contributed by atoms with Crippen LogP contribution >= 0.6 is 0 Å². The summed E-state index contributed by atoms with van der Waals surface area (Å²) in [6.07, 6.45) is -5.73. The van der Waals surface area contributed by atoms with Gasteiger partial charge in [0.15, 0.2) is 0 Å². The molecule has 4 N–H and O–H groups in total. The van der Waals surface area contributed by atoms with Crippen LogP contribution in [0.2, 0.25) is 0 Å². The molecule has 0 aliphatic rings. The van der Waals surface area contributed by atoms with Gasteiger partial charge in [0.1, 0.15) is 0 Å². The van der Waals surface area contributed by atoms with Gasteiger partial charge in [-0.15, -0.1) is 0 Å². The molecule has 0 aliphatic carbocycles. The largest absolute Gasteiger partial charge is 0.465 e. The lowest BCUT2D eigenvalue weighted by Gasteiger charge is -2.16. The summed E-state index contributed by atoms with van der Waals surface area (Å²) in [5, 5.41) is 10.4. The fourth-order valence-electron chi connectivity index (χ4n) is 1.55. The normalized spacial score (nSPS) is 13.1. The minimum Gasteiger partial charge on any atom is -0.465 e. The summed E-state index contributed by atoms with van der Waals surface area (Å²) in [5.74, 6) is 0. The van der Waals surface area contributed by atoms with Crippen LogP contribution in [0, 0.1) is 0 Å². The van der Waals surface area contributed by atoms with E-state index in [4.69, 9.17) is 10.8 Å². The Balaban J connectivity index is 2.75. The molecule has 7 heteroatoms. The van der Waals surface area contributed by atoms with Crippen LogP contribution in [-0.4, -0.2) is 23.8 Å². The first kappa shape index (κ1) is 14.3.